The first-order valence-corrected chi connectivity index (χ1v) is 9.39. The van der Waals surface area contributed by atoms with Crippen molar-refractivity contribution in [3.63, 3.8) is 0 Å². The molecular weight excluding hydrogens is 334 g/mol. The lowest BCUT2D eigenvalue weighted by Crippen LogP contribution is -2.32. The second-order valence-electron chi connectivity index (χ2n) is 6.51. The van der Waals surface area contributed by atoms with Gasteiger partial charge >= 0.3 is 0 Å². The van der Waals surface area contributed by atoms with E-state index >= 15 is 0 Å². The Hall–Kier alpha value is -2.25. The van der Waals surface area contributed by atoms with Crippen LogP contribution in [-0.2, 0) is 11.3 Å². The van der Waals surface area contributed by atoms with Crippen LogP contribution in [0, 0.1) is 12.8 Å². The molecule has 0 aliphatic carbocycles. The lowest BCUT2D eigenvalue weighted by atomic mass is 10.1. The van der Waals surface area contributed by atoms with Gasteiger partial charge in [-0.3, -0.25) is 4.79 Å². The van der Waals surface area contributed by atoms with Crippen LogP contribution in [-0.4, -0.2) is 45.0 Å². The highest BCUT2D eigenvalue weighted by Crippen LogP contribution is 2.30. The summed E-state index contributed by atoms with van der Waals surface area (Å²) in [5.41, 5.74) is 10.4. The fourth-order valence-corrected chi connectivity index (χ4v) is 4.21. The SMILES string of the molecule is Cc1ncsc1-c1nc2ccccc2n1CC(=O)N1CC[C@@H](CN)C1. The minimum atomic E-state index is 0.127. The summed E-state index contributed by atoms with van der Waals surface area (Å²) in [7, 11) is 0. The van der Waals surface area contributed by atoms with E-state index in [1.807, 2.05) is 46.2 Å². The number of hydrogen-bond donors (Lipinski definition) is 1. The number of aromatic nitrogens is 3. The van der Waals surface area contributed by atoms with Crippen molar-refractivity contribution in [2.45, 2.75) is 19.9 Å². The molecule has 1 atom stereocenters. The van der Waals surface area contributed by atoms with Gasteiger partial charge < -0.3 is 15.2 Å². The number of carbonyl (C=O) groups excluding carboxylic acids is 1. The van der Waals surface area contributed by atoms with Gasteiger partial charge in [0.1, 0.15) is 6.54 Å². The third-order valence-corrected chi connectivity index (χ3v) is 5.79. The maximum atomic E-state index is 12.8. The fraction of sp³-hybridized carbons (Fsp3) is 0.389. The Kier molecular flexibility index (Phi) is 4.27. The summed E-state index contributed by atoms with van der Waals surface area (Å²) in [4.78, 5) is 24.9. The number of nitrogens with zero attached hydrogens (tertiary/aromatic N) is 4. The van der Waals surface area contributed by atoms with Gasteiger partial charge in [-0.2, -0.15) is 0 Å². The molecule has 1 amide bonds. The number of aryl methyl sites for hydroxylation is 1. The number of thiazole rings is 1. The van der Waals surface area contributed by atoms with E-state index < -0.39 is 0 Å². The van der Waals surface area contributed by atoms with Crippen LogP contribution in [0.2, 0.25) is 0 Å². The first-order valence-electron chi connectivity index (χ1n) is 8.51. The highest BCUT2D eigenvalue weighted by Gasteiger charge is 2.26. The average Bonchev–Trinajstić information content (AvgIpc) is 3.33. The van der Waals surface area contributed by atoms with Crippen LogP contribution in [0.1, 0.15) is 12.1 Å². The van der Waals surface area contributed by atoms with Crippen LogP contribution in [0.5, 0.6) is 0 Å². The van der Waals surface area contributed by atoms with Crippen LogP contribution in [0.3, 0.4) is 0 Å². The van der Waals surface area contributed by atoms with Gasteiger partial charge in [-0.05, 0) is 37.9 Å². The monoisotopic (exact) mass is 355 g/mol. The molecule has 2 aromatic heterocycles. The average molecular weight is 355 g/mol. The third-order valence-electron chi connectivity index (χ3n) is 4.87. The summed E-state index contributed by atoms with van der Waals surface area (Å²) in [6, 6.07) is 7.95. The Morgan fingerprint density at radius 3 is 2.96 bits per heavy atom. The molecule has 0 radical (unpaired) electrons. The van der Waals surface area contributed by atoms with Crippen molar-refractivity contribution in [1.29, 1.82) is 0 Å². The number of nitrogens with two attached hydrogens (primary N) is 1. The van der Waals surface area contributed by atoms with Gasteiger partial charge in [-0.15, -0.1) is 11.3 Å². The molecule has 25 heavy (non-hydrogen) atoms. The van der Waals surface area contributed by atoms with Crippen LogP contribution in [0.15, 0.2) is 29.8 Å². The van der Waals surface area contributed by atoms with Gasteiger partial charge in [0.25, 0.3) is 0 Å². The normalized spacial score (nSPS) is 17.5. The minimum Gasteiger partial charge on any atom is -0.341 e. The maximum Gasteiger partial charge on any atom is 0.242 e. The second kappa shape index (κ2) is 6.57. The van der Waals surface area contributed by atoms with Crippen molar-refractivity contribution in [2.24, 2.45) is 11.7 Å². The highest BCUT2D eigenvalue weighted by molar-refractivity contribution is 7.13. The van der Waals surface area contributed by atoms with Gasteiger partial charge in [-0.25, -0.2) is 9.97 Å². The summed E-state index contributed by atoms with van der Waals surface area (Å²) in [5, 5.41) is 0. The van der Waals surface area contributed by atoms with E-state index in [9.17, 15) is 4.79 Å². The van der Waals surface area contributed by atoms with E-state index in [4.69, 9.17) is 10.7 Å². The molecule has 3 heterocycles. The lowest BCUT2D eigenvalue weighted by molar-refractivity contribution is -0.130. The summed E-state index contributed by atoms with van der Waals surface area (Å²) < 4.78 is 2.02. The van der Waals surface area contributed by atoms with Gasteiger partial charge in [-0.1, -0.05) is 12.1 Å². The quantitative estimate of drug-likeness (QED) is 0.779. The molecule has 6 nitrogen and oxygen atoms in total. The Labute approximate surface area is 150 Å². The zero-order valence-electron chi connectivity index (χ0n) is 14.2. The first kappa shape index (κ1) is 16.2. The van der Waals surface area contributed by atoms with E-state index in [0.29, 0.717) is 19.0 Å². The Balaban J connectivity index is 1.71. The third kappa shape index (κ3) is 2.94. The zero-order chi connectivity index (χ0) is 17.4. The molecule has 2 N–H and O–H groups in total. The molecule has 7 heteroatoms. The van der Waals surface area contributed by atoms with E-state index in [0.717, 1.165) is 46.9 Å². The molecule has 130 valence electrons. The molecule has 1 aromatic carbocycles. The summed E-state index contributed by atoms with van der Waals surface area (Å²) in [6.07, 6.45) is 0.994. The number of carbonyl (C=O) groups is 1. The highest BCUT2D eigenvalue weighted by atomic mass is 32.1. The van der Waals surface area contributed by atoms with E-state index in [2.05, 4.69) is 4.98 Å². The summed E-state index contributed by atoms with van der Waals surface area (Å²) in [6.45, 7) is 4.47. The van der Waals surface area contributed by atoms with Crippen molar-refractivity contribution in [3.8, 4) is 10.7 Å². The zero-order valence-corrected chi connectivity index (χ0v) is 15.0. The number of rotatable bonds is 4. The van der Waals surface area contributed by atoms with Gasteiger partial charge in [0.15, 0.2) is 5.82 Å². The van der Waals surface area contributed by atoms with Crippen molar-refractivity contribution in [1.82, 2.24) is 19.4 Å². The smallest absolute Gasteiger partial charge is 0.242 e. The Morgan fingerprint density at radius 2 is 2.24 bits per heavy atom. The minimum absolute atomic E-state index is 0.127. The Morgan fingerprint density at radius 1 is 1.40 bits per heavy atom. The number of amides is 1. The number of hydrogen-bond acceptors (Lipinski definition) is 5. The van der Waals surface area contributed by atoms with Crippen LogP contribution in [0.25, 0.3) is 21.7 Å². The van der Waals surface area contributed by atoms with Gasteiger partial charge in [0.2, 0.25) is 5.91 Å². The molecule has 1 saturated heterocycles. The van der Waals surface area contributed by atoms with Crippen molar-refractivity contribution in [3.05, 3.63) is 35.5 Å². The van der Waals surface area contributed by atoms with Crippen LogP contribution in [0.4, 0.5) is 0 Å². The lowest BCUT2D eigenvalue weighted by Gasteiger charge is -2.18. The van der Waals surface area contributed by atoms with E-state index in [-0.39, 0.29) is 5.91 Å². The van der Waals surface area contributed by atoms with Crippen LogP contribution >= 0.6 is 11.3 Å². The van der Waals surface area contributed by atoms with Gasteiger partial charge in [0.05, 0.1) is 27.1 Å². The van der Waals surface area contributed by atoms with Crippen molar-refractivity contribution in [2.75, 3.05) is 19.6 Å². The molecule has 0 bridgehead atoms. The van der Waals surface area contributed by atoms with Crippen molar-refractivity contribution < 1.29 is 4.79 Å². The second-order valence-corrected chi connectivity index (χ2v) is 7.36. The molecular formula is C18H21N5OS. The molecule has 3 aromatic rings. The number of para-hydroxylation sites is 2. The molecule has 1 aliphatic heterocycles. The maximum absolute atomic E-state index is 12.8. The topological polar surface area (TPSA) is 77.0 Å². The number of likely N-dealkylation sites (tertiary alicyclic amines) is 1. The number of fused-ring (bicyclic) bond motifs is 1. The molecule has 0 saturated carbocycles. The molecule has 1 fully saturated rings. The Bertz CT molecular complexity index is 915. The predicted molar refractivity (Wildman–Crippen MR) is 99.3 cm³/mol. The molecule has 0 spiro atoms. The number of benzene rings is 1. The number of imidazole rings is 1. The largest absolute Gasteiger partial charge is 0.341 e. The fourth-order valence-electron chi connectivity index (χ4n) is 3.41. The first-order chi connectivity index (χ1) is 12.2. The summed E-state index contributed by atoms with van der Waals surface area (Å²) >= 11 is 1.56. The van der Waals surface area contributed by atoms with E-state index in [1.54, 1.807) is 11.3 Å². The van der Waals surface area contributed by atoms with Crippen molar-refractivity contribution >= 4 is 28.3 Å². The van der Waals surface area contributed by atoms with Crippen LogP contribution < -0.4 is 5.73 Å². The van der Waals surface area contributed by atoms with Gasteiger partial charge in [0, 0.05) is 13.1 Å². The standard InChI is InChI=1S/C18H21N5OS/c1-12-17(25-11-20-12)18-21-14-4-2-3-5-15(14)23(18)10-16(24)22-7-6-13(8-19)9-22/h2-5,11,13H,6-10,19H2,1H3/t13-/m0/s1. The molecule has 1 aliphatic rings. The summed E-state index contributed by atoms with van der Waals surface area (Å²) in [5.74, 6) is 1.37. The molecule has 4 rings (SSSR count). The van der Waals surface area contributed by atoms with E-state index in [1.165, 1.54) is 0 Å². The molecule has 0 unspecified atom stereocenters. The predicted octanol–water partition coefficient (Wildman–Crippen LogP) is 2.28.